The average molecular weight is 181 g/mol. The third-order valence-electron chi connectivity index (χ3n) is 1.63. The van der Waals surface area contributed by atoms with Gasteiger partial charge in [0.2, 0.25) is 0 Å². The molecule has 0 spiro atoms. The first-order valence-electron chi connectivity index (χ1n) is 4.60. The lowest BCUT2D eigenvalue weighted by Crippen LogP contribution is -1.93. The van der Waals surface area contributed by atoms with Crippen molar-refractivity contribution in [2.75, 3.05) is 19.5 Å². The largest absolute Gasteiger partial charge is 0.495 e. The first-order chi connectivity index (χ1) is 6.27. The molecule has 1 N–H and O–H groups in total. The molecule has 0 bridgehead atoms. The summed E-state index contributed by atoms with van der Waals surface area (Å²) in [4.78, 5) is 0. The minimum absolute atomic E-state index is 0.896. The van der Waals surface area contributed by atoms with Crippen LogP contribution in [0.15, 0.2) is 18.2 Å². The molecule has 0 saturated heterocycles. The smallest absolute Gasteiger partial charge is 0.142 e. The van der Waals surface area contributed by atoms with Crippen LogP contribution in [0.5, 0.6) is 5.75 Å². The molecule has 2 nitrogen and oxygen atoms in total. The van der Waals surface area contributed by atoms with E-state index >= 15 is 0 Å². The van der Waals surface area contributed by atoms with Gasteiger partial charge in [0.25, 0.3) is 0 Å². The van der Waals surface area contributed by atoms with E-state index in [0.717, 1.165) is 11.4 Å². The monoisotopic (exact) mass is 181 g/mol. The number of methoxy groups -OCH3 is 1. The molecule has 0 fully saturated rings. The average Bonchev–Trinajstić information content (AvgIpc) is 2.20. The summed E-state index contributed by atoms with van der Waals surface area (Å²) < 4.78 is 5.15. The van der Waals surface area contributed by atoms with E-state index < -0.39 is 0 Å². The van der Waals surface area contributed by atoms with E-state index in [4.69, 9.17) is 4.74 Å². The Labute approximate surface area is 80.9 Å². The Hall–Kier alpha value is -1.18. The number of hydrogen-bond acceptors (Lipinski definition) is 2. The van der Waals surface area contributed by atoms with E-state index in [-0.39, 0.29) is 0 Å². The van der Waals surface area contributed by atoms with Gasteiger partial charge in [-0.1, -0.05) is 19.9 Å². The molecule has 2 heteroatoms. The molecule has 74 valence electrons. The molecule has 0 aliphatic rings. The van der Waals surface area contributed by atoms with E-state index in [1.54, 1.807) is 7.11 Å². The minimum atomic E-state index is 0.896. The van der Waals surface area contributed by atoms with Gasteiger partial charge in [-0.2, -0.15) is 0 Å². The molecule has 13 heavy (non-hydrogen) atoms. The molecule has 0 unspecified atom stereocenters. The summed E-state index contributed by atoms with van der Waals surface area (Å²) in [6.45, 7) is 6.04. The molecule has 0 amide bonds. The van der Waals surface area contributed by atoms with Crippen molar-refractivity contribution >= 4 is 5.69 Å². The molecule has 0 atom stereocenters. The highest BCUT2D eigenvalue weighted by atomic mass is 16.5. The van der Waals surface area contributed by atoms with Crippen LogP contribution in [0.1, 0.15) is 19.4 Å². The predicted molar refractivity (Wildman–Crippen MR) is 58.6 cm³/mol. The molecule has 0 radical (unpaired) electrons. The van der Waals surface area contributed by atoms with Gasteiger partial charge < -0.3 is 10.1 Å². The van der Waals surface area contributed by atoms with Crippen LogP contribution in [0, 0.1) is 6.92 Å². The molecule has 1 aromatic carbocycles. The fraction of sp³-hybridized carbons (Fsp3) is 0.455. The normalized spacial score (nSPS) is 8.38. The lowest BCUT2D eigenvalue weighted by atomic mass is 10.2. The van der Waals surface area contributed by atoms with E-state index in [1.165, 1.54) is 5.56 Å². The third kappa shape index (κ3) is 3.36. The van der Waals surface area contributed by atoms with Crippen LogP contribution in [-0.4, -0.2) is 14.2 Å². The Morgan fingerprint density at radius 3 is 2.31 bits per heavy atom. The van der Waals surface area contributed by atoms with Crippen LogP contribution < -0.4 is 10.1 Å². The van der Waals surface area contributed by atoms with E-state index in [0.29, 0.717) is 0 Å². The van der Waals surface area contributed by atoms with E-state index in [1.807, 2.05) is 46.0 Å². The first kappa shape index (κ1) is 11.8. The summed E-state index contributed by atoms with van der Waals surface area (Å²) in [6.07, 6.45) is 0. The van der Waals surface area contributed by atoms with E-state index in [2.05, 4.69) is 5.32 Å². The number of ether oxygens (including phenoxy) is 1. The van der Waals surface area contributed by atoms with Gasteiger partial charge in [0.15, 0.2) is 0 Å². The predicted octanol–water partition coefficient (Wildman–Crippen LogP) is 3.07. The standard InChI is InChI=1S/C9H13NO.C2H6/c1-7-4-5-8(10-2)9(6-7)11-3;1-2/h4-6,10H,1-3H3;1-2H3. The number of aryl methyl sites for hydroxylation is 1. The Kier molecular flexibility index (Phi) is 5.77. The van der Waals surface area contributed by atoms with Gasteiger partial charge in [-0.3, -0.25) is 0 Å². The molecule has 0 aliphatic carbocycles. The van der Waals surface area contributed by atoms with Crippen molar-refractivity contribution in [2.45, 2.75) is 20.8 Å². The minimum Gasteiger partial charge on any atom is -0.495 e. The SMILES string of the molecule is CC.CNc1ccc(C)cc1OC. The zero-order valence-electron chi connectivity index (χ0n) is 9.14. The number of rotatable bonds is 2. The van der Waals surface area contributed by atoms with Gasteiger partial charge in [0.1, 0.15) is 5.75 Å². The maximum Gasteiger partial charge on any atom is 0.142 e. The zero-order chi connectivity index (χ0) is 10.3. The number of benzene rings is 1. The Balaban J connectivity index is 0.000000671. The Bertz CT molecular complexity index is 246. The van der Waals surface area contributed by atoms with Crippen molar-refractivity contribution in [3.8, 4) is 5.75 Å². The van der Waals surface area contributed by atoms with Crippen LogP contribution >= 0.6 is 0 Å². The van der Waals surface area contributed by atoms with Crippen molar-refractivity contribution in [1.29, 1.82) is 0 Å². The van der Waals surface area contributed by atoms with E-state index in [9.17, 15) is 0 Å². The van der Waals surface area contributed by atoms with Crippen molar-refractivity contribution < 1.29 is 4.74 Å². The fourth-order valence-electron chi connectivity index (χ4n) is 1.00. The van der Waals surface area contributed by atoms with Gasteiger partial charge in [-0.05, 0) is 24.6 Å². The highest BCUT2D eigenvalue weighted by Crippen LogP contribution is 2.24. The lowest BCUT2D eigenvalue weighted by molar-refractivity contribution is 0.416. The molecule has 0 saturated carbocycles. The summed E-state index contributed by atoms with van der Waals surface area (Å²) >= 11 is 0. The van der Waals surface area contributed by atoms with Crippen LogP contribution in [0.3, 0.4) is 0 Å². The Morgan fingerprint density at radius 1 is 1.23 bits per heavy atom. The molecular weight excluding hydrogens is 162 g/mol. The van der Waals surface area contributed by atoms with Crippen LogP contribution in [-0.2, 0) is 0 Å². The summed E-state index contributed by atoms with van der Waals surface area (Å²) in [5.41, 5.74) is 2.24. The zero-order valence-corrected chi connectivity index (χ0v) is 9.14. The van der Waals surface area contributed by atoms with Gasteiger partial charge in [-0.15, -0.1) is 0 Å². The fourth-order valence-corrected chi connectivity index (χ4v) is 1.00. The molecule has 0 aromatic heterocycles. The van der Waals surface area contributed by atoms with Gasteiger partial charge in [0.05, 0.1) is 12.8 Å². The molecule has 0 aliphatic heterocycles. The maximum absolute atomic E-state index is 5.15. The number of hydrogen-bond donors (Lipinski definition) is 1. The second-order valence-corrected chi connectivity index (χ2v) is 2.45. The number of anilines is 1. The molecule has 1 aromatic rings. The van der Waals surface area contributed by atoms with Gasteiger partial charge in [-0.25, -0.2) is 0 Å². The second-order valence-electron chi connectivity index (χ2n) is 2.45. The summed E-state index contributed by atoms with van der Waals surface area (Å²) in [7, 11) is 3.56. The first-order valence-corrected chi connectivity index (χ1v) is 4.60. The molecule has 1 rings (SSSR count). The van der Waals surface area contributed by atoms with Crippen LogP contribution in [0.4, 0.5) is 5.69 Å². The lowest BCUT2D eigenvalue weighted by Gasteiger charge is -2.07. The second kappa shape index (κ2) is 6.35. The summed E-state index contributed by atoms with van der Waals surface area (Å²) in [6, 6.07) is 6.06. The summed E-state index contributed by atoms with van der Waals surface area (Å²) in [5, 5.41) is 3.05. The molecule has 0 heterocycles. The topological polar surface area (TPSA) is 21.3 Å². The van der Waals surface area contributed by atoms with Crippen LogP contribution in [0.25, 0.3) is 0 Å². The highest BCUT2D eigenvalue weighted by molar-refractivity contribution is 5.57. The van der Waals surface area contributed by atoms with Crippen molar-refractivity contribution in [1.82, 2.24) is 0 Å². The highest BCUT2D eigenvalue weighted by Gasteiger charge is 1.98. The Morgan fingerprint density at radius 2 is 1.85 bits per heavy atom. The molecular formula is C11H19NO. The van der Waals surface area contributed by atoms with Crippen molar-refractivity contribution in [3.05, 3.63) is 23.8 Å². The van der Waals surface area contributed by atoms with Crippen molar-refractivity contribution in [3.63, 3.8) is 0 Å². The number of nitrogens with one attached hydrogen (secondary N) is 1. The third-order valence-corrected chi connectivity index (χ3v) is 1.63. The summed E-state index contributed by atoms with van der Waals surface area (Å²) in [5.74, 6) is 0.896. The maximum atomic E-state index is 5.15. The van der Waals surface area contributed by atoms with Crippen molar-refractivity contribution in [2.24, 2.45) is 0 Å². The quantitative estimate of drug-likeness (QED) is 0.757. The van der Waals surface area contributed by atoms with Gasteiger partial charge >= 0.3 is 0 Å². The van der Waals surface area contributed by atoms with Crippen LogP contribution in [0.2, 0.25) is 0 Å². The van der Waals surface area contributed by atoms with Gasteiger partial charge in [0, 0.05) is 7.05 Å².